The maximum atomic E-state index is 11.5. The maximum Gasteiger partial charge on any atom is 0.152 e. The molecule has 0 radical (unpaired) electrons. The third-order valence-electron chi connectivity index (χ3n) is 2.94. The van der Waals surface area contributed by atoms with Crippen molar-refractivity contribution in [2.75, 3.05) is 18.1 Å². The molecule has 2 saturated heterocycles. The summed E-state index contributed by atoms with van der Waals surface area (Å²) < 4.78 is 23.4. The Bertz CT molecular complexity index is 301. The number of fused-ring (bicyclic) bond motifs is 2. The summed E-state index contributed by atoms with van der Waals surface area (Å²) in [5, 5.41) is 0. The van der Waals surface area contributed by atoms with Crippen molar-refractivity contribution in [2.24, 2.45) is 5.92 Å². The third kappa shape index (κ3) is 2.02. The van der Waals surface area contributed by atoms with Crippen LogP contribution in [0, 0.1) is 5.92 Å². The van der Waals surface area contributed by atoms with E-state index in [4.69, 9.17) is 0 Å². The molecule has 76 valence electrons. The van der Waals surface area contributed by atoms with Gasteiger partial charge in [-0.15, -0.1) is 0 Å². The highest BCUT2D eigenvalue weighted by Gasteiger charge is 2.42. The first-order valence-electron chi connectivity index (χ1n) is 4.58. The monoisotopic (exact) mass is 315 g/mol. The fourth-order valence-corrected chi connectivity index (χ4v) is 5.17. The van der Waals surface area contributed by atoms with E-state index in [0.29, 0.717) is 27.5 Å². The van der Waals surface area contributed by atoms with Crippen LogP contribution in [0.25, 0.3) is 0 Å². The zero-order chi connectivity index (χ0) is 9.64. The molecule has 2 heterocycles. The fourth-order valence-electron chi connectivity index (χ4n) is 2.48. The Hall–Kier alpha value is 0.640. The van der Waals surface area contributed by atoms with Gasteiger partial charge in [0.1, 0.15) is 0 Å². The SMILES string of the molecule is CC(I)N1CC2CC1CS(=O)(=O)C2. The van der Waals surface area contributed by atoms with Crippen molar-refractivity contribution < 1.29 is 8.42 Å². The zero-order valence-corrected chi connectivity index (χ0v) is 10.6. The Labute approximate surface area is 92.9 Å². The Balaban J connectivity index is 2.18. The van der Waals surface area contributed by atoms with Gasteiger partial charge in [0.05, 0.1) is 15.6 Å². The van der Waals surface area contributed by atoms with E-state index in [9.17, 15) is 8.42 Å². The number of alkyl halides is 1. The molecule has 13 heavy (non-hydrogen) atoms. The Morgan fingerprint density at radius 2 is 2.15 bits per heavy atom. The minimum absolute atomic E-state index is 0.302. The summed E-state index contributed by atoms with van der Waals surface area (Å²) in [5.41, 5.74) is 0. The molecule has 3 atom stereocenters. The van der Waals surface area contributed by atoms with Gasteiger partial charge in [0.2, 0.25) is 0 Å². The molecule has 2 aliphatic heterocycles. The summed E-state index contributed by atoms with van der Waals surface area (Å²) in [4.78, 5) is 2.33. The first kappa shape index (κ1) is 10.2. The largest absolute Gasteiger partial charge is 0.288 e. The number of hydrogen-bond donors (Lipinski definition) is 0. The smallest absolute Gasteiger partial charge is 0.152 e. The molecule has 3 nitrogen and oxygen atoms in total. The molecular formula is C8H14INO2S. The summed E-state index contributed by atoms with van der Waals surface area (Å²) in [5.74, 6) is 1.21. The summed E-state index contributed by atoms with van der Waals surface area (Å²) in [6.45, 7) is 3.11. The highest BCUT2D eigenvalue weighted by Crippen LogP contribution is 2.33. The number of halogens is 1. The Morgan fingerprint density at radius 1 is 1.46 bits per heavy atom. The van der Waals surface area contributed by atoms with Gasteiger partial charge in [0.25, 0.3) is 0 Å². The number of hydrogen-bond acceptors (Lipinski definition) is 3. The molecular weight excluding hydrogens is 301 g/mol. The molecule has 5 heteroatoms. The molecule has 2 fully saturated rings. The second-order valence-electron chi connectivity index (χ2n) is 4.10. The Morgan fingerprint density at radius 3 is 2.77 bits per heavy atom. The molecule has 0 aromatic carbocycles. The lowest BCUT2D eigenvalue weighted by Crippen LogP contribution is -2.38. The van der Waals surface area contributed by atoms with Crippen LogP contribution in [-0.4, -0.2) is 41.5 Å². The summed E-state index contributed by atoms with van der Waals surface area (Å²) >= 11 is 2.36. The average molecular weight is 315 g/mol. The lowest BCUT2D eigenvalue weighted by Gasteiger charge is -2.26. The molecule has 0 aliphatic carbocycles. The van der Waals surface area contributed by atoms with Gasteiger partial charge in [-0.3, -0.25) is 4.90 Å². The van der Waals surface area contributed by atoms with Gasteiger partial charge in [0, 0.05) is 12.6 Å². The topological polar surface area (TPSA) is 37.4 Å². The third-order valence-corrected chi connectivity index (χ3v) is 5.52. The molecule has 0 amide bonds. The van der Waals surface area contributed by atoms with Crippen LogP contribution in [-0.2, 0) is 9.84 Å². The van der Waals surface area contributed by atoms with Gasteiger partial charge in [-0.2, -0.15) is 0 Å². The van der Waals surface area contributed by atoms with Crippen LogP contribution in [0.5, 0.6) is 0 Å². The summed E-state index contributed by atoms with van der Waals surface area (Å²) in [6.07, 6.45) is 1.09. The van der Waals surface area contributed by atoms with Crippen LogP contribution in [0.4, 0.5) is 0 Å². The molecule has 0 aromatic rings. The van der Waals surface area contributed by atoms with E-state index in [0.717, 1.165) is 13.0 Å². The zero-order valence-electron chi connectivity index (χ0n) is 7.61. The number of sulfone groups is 1. The number of nitrogens with zero attached hydrogens (tertiary/aromatic N) is 1. The summed E-state index contributed by atoms with van der Waals surface area (Å²) in [6, 6.07) is 0.302. The van der Waals surface area contributed by atoms with E-state index in [-0.39, 0.29) is 0 Å². The van der Waals surface area contributed by atoms with E-state index in [1.165, 1.54) is 0 Å². The van der Waals surface area contributed by atoms with Gasteiger partial charge in [-0.1, -0.05) is 22.6 Å². The molecule has 3 unspecified atom stereocenters. The molecule has 2 aliphatic rings. The van der Waals surface area contributed by atoms with E-state index < -0.39 is 9.84 Å². The van der Waals surface area contributed by atoms with Crippen LogP contribution in [0.2, 0.25) is 0 Å². The van der Waals surface area contributed by atoms with E-state index >= 15 is 0 Å². The highest BCUT2D eigenvalue weighted by molar-refractivity contribution is 14.1. The van der Waals surface area contributed by atoms with Crippen LogP contribution in [0.15, 0.2) is 0 Å². The minimum Gasteiger partial charge on any atom is -0.288 e. The number of rotatable bonds is 1. The predicted molar refractivity (Wildman–Crippen MR) is 60.7 cm³/mol. The first-order valence-corrected chi connectivity index (χ1v) is 7.65. The second-order valence-corrected chi connectivity index (χ2v) is 8.06. The lowest BCUT2D eigenvalue weighted by molar-refractivity contribution is 0.272. The molecule has 0 aromatic heterocycles. The fraction of sp³-hybridized carbons (Fsp3) is 1.00. The van der Waals surface area contributed by atoms with Gasteiger partial charge in [0.15, 0.2) is 9.84 Å². The maximum absolute atomic E-state index is 11.5. The molecule has 2 bridgehead atoms. The first-order chi connectivity index (χ1) is 5.98. The van der Waals surface area contributed by atoms with Crippen molar-refractivity contribution in [3.8, 4) is 0 Å². The number of likely N-dealkylation sites (tertiary alicyclic amines) is 1. The standard InChI is InChI=1S/C8H14INO2S/c1-6(9)10-3-7-2-8(10)5-13(11,12)4-7/h6-8H,2-5H2,1H3. The van der Waals surface area contributed by atoms with Crippen molar-refractivity contribution in [2.45, 2.75) is 23.4 Å². The van der Waals surface area contributed by atoms with Crippen molar-refractivity contribution in [3.05, 3.63) is 0 Å². The van der Waals surface area contributed by atoms with Crippen molar-refractivity contribution >= 4 is 32.4 Å². The lowest BCUT2D eigenvalue weighted by atomic mass is 10.1. The van der Waals surface area contributed by atoms with E-state index in [1.54, 1.807) is 0 Å². The van der Waals surface area contributed by atoms with Gasteiger partial charge in [-0.25, -0.2) is 8.42 Å². The predicted octanol–water partition coefficient (Wildman–Crippen LogP) is 0.886. The molecule has 0 saturated carbocycles. The normalized spacial score (nSPS) is 40.5. The molecule has 2 rings (SSSR count). The van der Waals surface area contributed by atoms with Crippen LogP contribution in [0.3, 0.4) is 0 Å². The van der Waals surface area contributed by atoms with Crippen LogP contribution in [0.1, 0.15) is 13.3 Å². The second kappa shape index (κ2) is 3.34. The minimum atomic E-state index is -2.73. The quantitative estimate of drug-likeness (QED) is 0.410. The van der Waals surface area contributed by atoms with Crippen molar-refractivity contribution in [1.29, 1.82) is 0 Å². The van der Waals surface area contributed by atoms with Gasteiger partial charge >= 0.3 is 0 Å². The van der Waals surface area contributed by atoms with Crippen LogP contribution >= 0.6 is 22.6 Å². The molecule has 0 N–H and O–H groups in total. The highest BCUT2D eigenvalue weighted by atomic mass is 127. The Kier molecular flexibility index (Phi) is 2.61. The van der Waals surface area contributed by atoms with E-state index in [1.807, 2.05) is 0 Å². The summed E-state index contributed by atoms with van der Waals surface area (Å²) in [7, 11) is -2.73. The average Bonchev–Trinajstić information content (AvgIpc) is 2.24. The van der Waals surface area contributed by atoms with Gasteiger partial charge < -0.3 is 0 Å². The van der Waals surface area contributed by atoms with Gasteiger partial charge in [-0.05, 0) is 19.3 Å². The van der Waals surface area contributed by atoms with Crippen molar-refractivity contribution in [3.63, 3.8) is 0 Å². The molecule has 0 spiro atoms. The van der Waals surface area contributed by atoms with E-state index in [2.05, 4.69) is 34.4 Å². The van der Waals surface area contributed by atoms with Crippen LogP contribution < -0.4 is 0 Å². The van der Waals surface area contributed by atoms with Crippen molar-refractivity contribution in [1.82, 2.24) is 4.90 Å².